The van der Waals surface area contributed by atoms with E-state index in [1.54, 1.807) is 11.3 Å². The second-order valence-electron chi connectivity index (χ2n) is 11.4. The summed E-state index contributed by atoms with van der Waals surface area (Å²) in [6, 6.07) is 7.04. The van der Waals surface area contributed by atoms with E-state index in [0.29, 0.717) is 0 Å². The number of amides is 2. The molecule has 1 aliphatic heterocycles. The summed E-state index contributed by atoms with van der Waals surface area (Å²) in [4.78, 5) is 49.1. The van der Waals surface area contributed by atoms with Crippen LogP contribution in [0, 0.1) is 18.3 Å². The summed E-state index contributed by atoms with van der Waals surface area (Å²) in [6.07, 6.45) is -0.744. The topological polar surface area (TPSA) is 167 Å². The van der Waals surface area contributed by atoms with Crippen molar-refractivity contribution in [3.63, 3.8) is 0 Å². The standard InChI is InChI=1S/C29H40N6O6S/c1-19-26(42-18-32-19)21-7-5-20(6-8-21)15-31-27(38)25-14-22(36)16-35(25)28(39)24(29(2,3)4)13-23(37)17-41-12-11-40-10-9-33-34-30/h5-8,18,22,24-25,36H,9-17H2,1-4H3,(H,31,38)/t22-,24-,25+/m1/s1. The van der Waals surface area contributed by atoms with Gasteiger partial charge in [-0.25, -0.2) is 4.98 Å². The van der Waals surface area contributed by atoms with E-state index < -0.39 is 23.5 Å². The van der Waals surface area contributed by atoms with Gasteiger partial charge in [-0.1, -0.05) is 50.2 Å². The molecule has 12 nitrogen and oxygen atoms in total. The molecule has 0 bridgehead atoms. The fourth-order valence-electron chi connectivity index (χ4n) is 4.77. The largest absolute Gasteiger partial charge is 0.391 e. The summed E-state index contributed by atoms with van der Waals surface area (Å²) in [5, 5.41) is 16.7. The van der Waals surface area contributed by atoms with Crippen molar-refractivity contribution >= 4 is 28.9 Å². The number of Topliss-reactive ketones (excluding diaryl/α,β-unsaturated/α-hetero) is 1. The van der Waals surface area contributed by atoms with Crippen LogP contribution in [-0.2, 0) is 30.4 Å². The zero-order chi connectivity index (χ0) is 30.7. The number of carbonyl (C=O) groups is 3. The molecule has 228 valence electrons. The van der Waals surface area contributed by atoms with Gasteiger partial charge in [0, 0.05) is 43.3 Å². The molecule has 1 fully saturated rings. The molecule has 2 amide bonds. The molecule has 0 aliphatic carbocycles. The Kier molecular flexibility index (Phi) is 12.4. The third kappa shape index (κ3) is 9.60. The van der Waals surface area contributed by atoms with Gasteiger partial charge in [-0.2, -0.15) is 0 Å². The molecule has 2 aromatic rings. The van der Waals surface area contributed by atoms with Gasteiger partial charge in [-0.15, -0.1) is 11.3 Å². The van der Waals surface area contributed by atoms with Crippen LogP contribution < -0.4 is 5.32 Å². The second kappa shape index (κ2) is 15.8. The quantitative estimate of drug-likeness (QED) is 0.136. The molecule has 0 spiro atoms. The Bertz CT molecular complexity index is 1250. The molecule has 13 heteroatoms. The third-order valence-corrected chi connectivity index (χ3v) is 8.08. The number of hydrogen-bond donors (Lipinski definition) is 2. The van der Waals surface area contributed by atoms with E-state index in [9.17, 15) is 19.5 Å². The van der Waals surface area contributed by atoms with Gasteiger partial charge in [0.15, 0.2) is 5.78 Å². The van der Waals surface area contributed by atoms with Gasteiger partial charge in [0.05, 0.1) is 42.0 Å². The van der Waals surface area contributed by atoms with Gasteiger partial charge in [0.25, 0.3) is 0 Å². The number of ether oxygens (including phenoxy) is 2. The fraction of sp³-hybridized carbons (Fsp3) is 0.586. The van der Waals surface area contributed by atoms with Crippen LogP contribution in [0.4, 0.5) is 0 Å². The number of rotatable bonds is 15. The summed E-state index contributed by atoms with van der Waals surface area (Å²) in [5.74, 6) is -1.62. The second-order valence-corrected chi connectivity index (χ2v) is 12.2. The number of thiazole rings is 1. The van der Waals surface area contributed by atoms with Gasteiger partial charge >= 0.3 is 0 Å². The average Bonchev–Trinajstić information content (AvgIpc) is 3.56. The Morgan fingerprint density at radius 2 is 1.93 bits per heavy atom. The lowest BCUT2D eigenvalue weighted by Gasteiger charge is -2.34. The lowest BCUT2D eigenvalue weighted by molar-refractivity contribution is -0.146. The molecule has 1 aromatic carbocycles. The first-order valence-corrected chi connectivity index (χ1v) is 14.8. The highest BCUT2D eigenvalue weighted by atomic mass is 32.1. The van der Waals surface area contributed by atoms with Crippen molar-refractivity contribution in [2.24, 2.45) is 16.4 Å². The Balaban J connectivity index is 1.55. The van der Waals surface area contributed by atoms with Crippen LogP contribution in [-0.4, -0.2) is 84.3 Å². The molecule has 0 unspecified atom stereocenters. The predicted octanol–water partition coefficient (Wildman–Crippen LogP) is 3.66. The molecule has 2 N–H and O–H groups in total. The van der Waals surface area contributed by atoms with E-state index >= 15 is 0 Å². The summed E-state index contributed by atoms with van der Waals surface area (Å²) in [5.41, 5.74) is 12.4. The molecule has 42 heavy (non-hydrogen) atoms. The zero-order valence-corrected chi connectivity index (χ0v) is 25.4. The van der Waals surface area contributed by atoms with Crippen molar-refractivity contribution in [1.29, 1.82) is 0 Å². The van der Waals surface area contributed by atoms with E-state index in [2.05, 4.69) is 20.3 Å². The van der Waals surface area contributed by atoms with Crippen LogP contribution in [0.5, 0.6) is 0 Å². The van der Waals surface area contributed by atoms with Crippen molar-refractivity contribution in [3.8, 4) is 10.4 Å². The minimum Gasteiger partial charge on any atom is -0.391 e. The highest BCUT2D eigenvalue weighted by Crippen LogP contribution is 2.33. The Hall–Kier alpha value is -3.35. The maximum Gasteiger partial charge on any atom is 0.243 e. The lowest BCUT2D eigenvalue weighted by Crippen LogP contribution is -2.50. The molecule has 3 atom stereocenters. The molecule has 1 saturated heterocycles. The number of hydrogen-bond acceptors (Lipinski definition) is 9. The summed E-state index contributed by atoms with van der Waals surface area (Å²) in [6.45, 7) is 8.64. The summed E-state index contributed by atoms with van der Waals surface area (Å²) < 4.78 is 10.6. The lowest BCUT2D eigenvalue weighted by atomic mass is 9.77. The molecule has 1 aromatic heterocycles. The predicted molar refractivity (Wildman–Crippen MR) is 158 cm³/mol. The summed E-state index contributed by atoms with van der Waals surface area (Å²) in [7, 11) is 0. The molecule has 0 radical (unpaired) electrons. The normalized spacial score (nSPS) is 17.5. The van der Waals surface area contributed by atoms with E-state index in [-0.39, 0.29) is 76.5 Å². The number of ketones is 1. The van der Waals surface area contributed by atoms with Gasteiger partial charge < -0.3 is 24.8 Å². The number of aromatic nitrogens is 1. The monoisotopic (exact) mass is 600 g/mol. The maximum absolute atomic E-state index is 13.7. The fourth-order valence-corrected chi connectivity index (χ4v) is 5.58. The SMILES string of the molecule is Cc1ncsc1-c1ccc(CNC(=O)[C@@H]2C[C@@H](O)CN2C(=O)[C@@H](CC(=O)COCCOCCN=[N+]=[N-])C(C)(C)C)cc1. The van der Waals surface area contributed by atoms with Crippen LogP contribution in [0.15, 0.2) is 34.9 Å². The van der Waals surface area contributed by atoms with E-state index in [0.717, 1.165) is 21.7 Å². The molecule has 0 saturated carbocycles. The van der Waals surface area contributed by atoms with Crippen LogP contribution in [0.3, 0.4) is 0 Å². The number of benzene rings is 1. The van der Waals surface area contributed by atoms with Crippen LogP contribution >= 0.6 is 11.3 Å². The first kappa shape index (κ1) is 33.2. The highest BCUT2D eigenvalue weighted by molar-refractivity contribution is 7.13. The average molecular weight is 601 g/mol. The Morgan fingerprint density at radius 3 is 2.57 bits per heavy atom. The molecule has 2 heterocycles. The Morgan fingerprint density at radius 1 is 1.21 bits per heavy atom. The highest BCUT2D eigenvalue weighted by Gasteiger charge is 2.44. The van der Waals surface area contributed by atoms with E-state index in [1.165, 1.54) is 4.90 Å². The van der Waals surface area contributed by atoms with Crippen molar-refractivity contribution in [2.45, 2.75) is 59.2 Å². The van der Waals surface area contributed by atoms with Crippen molar-refractivity contribution in [1.82, 2.24) is 15.2 Å². The van der Waals surface area contributed by atoms with Crippen molar-refractivity contribution in [3.05, 3.63) is 51.5 Å². The minimum atomic E-state index is -0.829. The van der Waals surface area contributed by atoms with Crippen molar-refractivity contribution in [2.75, 3.05) is 39.5 Å². The molecular weight excluding hydrogens is 560 g/mol. The number of aliphatic hydroxyl groups is 1. The summed E-state index contributed by atoms with van der Waals surface area (Å²) >= 11 is 1.58. The number of carbonyl (C=O) groups excluding carboxylic acids is 3. The zero-order valence-electron chi connectivity index (χ0n) is 24.6. The van der Waals surface area contributed by atoms with Gasteiger partial charge in [0.2, 0.25) is 11.8 Å². The number of azide groups is 1. The number of β-amino-alcohol motifs (C(OH)–C–C–N with tert-alkyl or cyclic N) is 1. The van der Waals surface area contributed by atoms with Gasteiger partial charge in [0.1, 0.15) is 12.6 Å². The third-order valence-electron chi connectivity index (χ3n) is 7.10. The van der Waals surface area contributed by atoms with E-state index in [4.69, 9.17) is 15.0 Å². The maximum atomic E-state index is 13.7. The first-order valence-electron chi connectivity index (χ1n) is 13.9. The van der Waals surface area contributed by atoms with Crippen LogP contribution in [0.1, 0.15) is 44.9 Å². The molecular formula is C29H40N6O6S. The van der Waals surface area contributed by atoms with Crippen LogP contribution in [0.25, 0.3) is 20.9 Å². The van der Waals surface area contributed by atoms with Gasteiger partial charge in [-0.05, 0) is 29.0 Å². The van der Waals surface area contributed by atoms with Gasteiger partial charge in [-0.3, -0.25) is 14.4 Å². The number of aryl methyl sites for hydroxylation is 1. The molecule has 3 rings (SSSR count). The number of nitrogens with zero attached hydrogens (tertiary/aromatic N) is 5. The molecule has 1 aliphatic rings. The van der Waals surface area contributed by atoms with Crippen molar-refractivity contribution < 1.29 is 29.0 Å². The Labute approximate surface area is 250 Å². The van der Waals surface area contributed by atoms with E-state index in [1.807, 2.05) is 57.5 Å². The minimum absolute atomic E-state index is 0.0320. The number of likely N-dealkylation sites (tertiary alicyclic amines) is 1. The number of aliphatic hydroxyl groups excluding tert-OH is 1. The first-order chi connectivity index (χ1) is 20.0. The van der Waals surface area contributed by atoms with Crippen LogP contribution in [0.2, 0.25) is 0 Å². The smallest absolute Gasteiger partial charge is 0.243 e. The number of nitrogens with one attached hydrogen (secondary N) is 1.